The van der Waals surface area contributed by atoms with E-state index in [4.69, 9.17) is 10.7 Å². The summed E-state index contributed by atoms with van der Waals surface area (Å²) in [5, 5.41) is 4.17. The van der Waals surface area contributed by atoms with Crippen molar-refractivity contribution in [3.63, 3.8) is 0 Å². The number of fused-ring (bicyclic) bond motifs is 1. The van der Waals surface area contributed by atoms with Crippen molar-refractivity contribution in [2.45, 2.75) is 19.5 Å². The first-order chi connectivity index (χ1) is 9.20. The van der Waals surface area contributed by atoms with Crippen LogP contribution in [0.25, 0.3) is 11.0 Å². The van der Waals surface area contributed by atoms with E-state index < -0.39 is 0 Å². The Kier molecular flexibility index (Phi) is 2.79. The SMILES string of the molecule is CC(c1nc2cc(CN)ccc2n1C)n1cncn1. The largest absolute Gasteiger partial charge is 0.329 e. The zero-order chi connectivity index (χ0) is 13.4. The van der Waals surface area contributed by atoms with Gasteiger partial charge in [0.15, 0.2) is 0 Å². The van der Waals surface area contributed by atoms with E-state index in [1.807, 2.05) is 19.2 Å². The molecule has 0 aliphatic carbocycles. The number of aromatic nitrogens is 5. The highest BCUT2D eigenvalue weighted by Gasteiger charge is 2.16. The minimum atomic E-state index is 0.0428. The van der Waals surface area contributed by atoms with Crippen molar-refractivity contribution in [3.8, 4) is 0 Å². The van der Waals surface area contributed by atoms with E-state index in [0.29, 0.717) is 6.54 Å². The van der Waals surface area contributed by atoms with Crippen LogP contribution in [0.3, 0.4) is 0 Å². The summed E-state index contributed by atoms with van der Waals surface area (Å²) in [6.45, 7) is 2.58. The predicted octanol–water partition coefficient (Wildman–Crippen LogP) is 1.23. The summed E-state index contributed by atoms with van der Waals surface area (Å²) in [5.74, 6) is 0.953. The lowest BCUT2D eigenvalue weighted by Crippen LogP contribution is -2.12. The average Bonchev–Trinajstić information content (AvgIpc) is 3.06. The summed E-state index contributed by atoms with van der Waals surface area (Å²) in [6.07, 6.45) is 3.24. The maximum Gasteiger partial charge on any atom is 0.137 e. The lowest BCUT2D eigenvalue weighted by Gasteiger charge is -2.11. The second-order valence-electron chi connectivity index (χ2n) is 4.61. The monoisotopic (exact) mass is 256 g/mol. The van der Waals surface area contributed by atoms with Crippen molar-refractivity contribution < 1.29 is 0 Å². The molecule has 2 aromatic heterocycles. The van der Waals surface area contributed by atoms with Gasteiger partial charge in [0.1, 0.15) is 24.5 Å². The molecule has 3 rings (SSSR count). The van der Waals surface area contributed by atoms with Crippen LogP contribution >= 0.6 is 0 Å². The molecule has 3 aromatic rings. The second-order valence-corrected chi connectivity index (χ2v) is 4.61. The van der Waals surface area contributed by atoms with Gasteiger partial charge in [0.2, 0.25) is 0 Å². The smallest absolute Gasteiger partial charge is 0.137 e. The Morgan fingerprint density at radius 3 is 2.89 bits per heavy atom. The van der Waals surface area contributed by atoms with Gasteiger partial charge in [-0.2, -0.15) is 5.10 Å². The van der Waals surface area contributed by atoms with Gasteiger partial charge in [-0.05, 0) is 24.6 Å². The lowest BCUT2D eigenvalue weighted by atomic mass is 10.2. The maximum atomic E-state index is 5.67. The molecule has 0 saturated carbocycles. The first-order valence-electron chi connectivity index (χ1n) is 6.20. The van der Waals surface area contributed by atoms with Gasteiger partial charge in [-0.15, -0.1) is 0 Å². The molecule has 2 N–H and O–H groups in total. The van der Waals surface area contributed by atoms with Crippen molar-refractivity contribution in [2.75, 3.05) is 0 Å². The number of aryl methyl sites for hydroxylation is 1. The van der Waals surface area contributed by atoms with E-state index in [1.165, 1.54) is 6.33 Å². The number of rotatable bonds is 3. The van der Waals surface area contributed by atoms with E-state index in [1.54, 1.807) is 11.0 Å². The molecule has 1 unspecified atom stereocenters. The first-order valence-corrected chi connectivity index (χ1v) is 6.20. The lowest BCUT2D eigenvalue weighted by molar-refractivity contribution is 0.522. The molecule has 0 fully saturated rings. The van der Waals surface area contributed by atoms with Crippen LogP contribution < -0.4 is 5.73 Å². The summed E-state index contributed by atoms with van der Waals surface area (Å²) in [7, 11) is 2.01. The molecule has 0 aliphatic rings. The third kappa shape index (κ3) is 1.90. The van der Waals surface area contributed by atoms with Crippen LogP contribution in [0.2, 0.25) is 0 Å². The number of hydrogen-bond donors (Lipinski definition) is 1. The van der Waals surface area contributed by atoms with Gasteiger partial charge in [0, 0.05) is 13.6 Å². The summed E-state index contributed by atoms with van der Waals surface area (Å²) in [4.78, 5) is 8.67. The molecule has 19 heavy (non-hydrogen) atoms. The third-order valence-electron chi connectivity index (χ3n) is 3.42. The fourth-order valence-electron chi connectivity index (χ4n) is 2.30. The van der Waals surface area contributed by atoms with Crippen LogP contribution in [0, 0.1) is 0 Å². The predicted molar refractivity (Wildman–Crippen MR) is 72.4 cm³/mol. The van der Waals surface area contributed by atoms with Crippen LogP contribution in [0.15, 0.2) is 30.9 Å². The van der Waals surface area contributed by atoms with Gasteiger partial charge in [0.25, 0.3) is 0 Å². The molecule has 0 bridgehead atoms. The molecule has 0 amide bonds. The molecular weight excluding hydrogens is 240 g/mol. The Balaban J connectivity index is 2.11. The number of benzene rings is 1. The van der Waals surface area contributed by atoms with Crippen molar-refractivity contribution in [1.29, 1.82) is 0 Å². The molecule has 2 heterocycles. The highest BCUT2D eigenvalue weighted by atomic mass is 15.3. The van der Waals surface area contributed by atoms with Crippen molar-refractivity contribution in [2.24, 2.45) is 12.8 Å². The molecule has 6 heteroatoms. The molecule has 0 aliphatic heterocycles. The van der Waals surface area contributed by atoms with E-state index in [-0.39, 0.29) is 6.04 Å². The molecule has 0 saturated heterocycles. The molecule has 1 aromatic carbocycles. The highest BCUT2D eigenvalue weighted by molar-refractivity contribution is 5.77. The maximum absolute atomic E-state index is 5.67. The zero-order valence-corrected chi connectivity index (χ0v) is 11.0. The Labute approximate surface area is 110 Å². The second kappa shape index (κ2) is 4.47. The molecule has 1 atom stereocenters. The normalized spacial score (nSPS) is 13.0. The molecule has 0 spiro atoms. The number of imidazole rings is 1. The van der Waals surface area contributed by atoms with Gasteiger partial charge < -0.3 is 10.3 Å². The molecule has 6 nitrogen and oxygen atoms in total. The van der Waals surface area contributed by atoms with Crippen LogP contribution in [0.4, 0.5) is 0 Å². The Morgan fingerprint density at radius 1 is 1.37 bits per heavy atom. The van der Waals surface area contributed by atoms with E-state index in [2.05, 4.69) is 27.6 Å². The Morgan fingerprint density at radius 2 is 2.21 bits per heavy atom. The van der Waals surface area contributed by atoms with Gasteiger partial charge in [-0.3, -0.25) is 0 Å². The van der Waals surface area contributed by atoms with Gasteiger partial charge >= 0.3 is 0 Å². The number of nitrogens with zero attached hydrogens (tertiary/aromatic N) is 5. The van der Waals surface area contributed by atoms with Gasteiger partial charge in [0.05, 0.1) is 11.0 Å². The van der Waals surface area contributed by atoms with Crippen molar-refractivity contribution in [1.82, 2.24) is 24.3 Å². The fraction of sp³-hybridized carbons (Fsp3) is 0.308. The van der Waals surface area contributed by atoms with Crippen LogP contribution in [0.5, 0.6) is 0 Å². The number of hydrogen-bond acceptors (Lipinski definition) is 4. The fourth-order valence-corrected chi connectivity index (χ4v) is 2.30. The standard InChI is InChI=1S/C13H16N6/c1-9(19-8-15-7-16-19)13-17-11-5-10(6-14)3-4-12(11)18(13)2/h3-5,7-9H,6,14H2,1-2H3. The molecule has 0 radical (unpaired) electrons. The van der Waals surface area contributed by atoms with Crippen LogP contribution in [0.1, 0.15) is 24.4 Å². The van der Waals surface area contributed by atoms with Gasteiger partial charge in [-0.25, -0.2) is 14.6 Å². The van der Waals surface area contributed by atoms with E-state index in [0.717, 1.165) is 22.4 Å². The summed E-state index contributed by atoms with van der Waals surface area (Å²) in [6, 6.07) is 6.17. The highest BCUT2D eigenvalue weighted by Crippen LogP contribution is 2.22. The quantitative estimate of drug-likeness (QED) is 0.765. The van der Waals surface area contributed by atoms with E-state index in [9.17, 15) is 0 Å². The van der Waals surface area contributed by atoms with Crippen LogP contribution in [-0.2, 0) is 13.6 Å². The molecular formula is C13H16N6. The first kappa shape index (κ1) is 11.9. The summed E-state index contributed by atoms with van der Waals surface area (Å²) < 4.78 is 3.88. The Hall–Kier alpha value is -2.21. The third-order valence-corrected chi connectivity index (χ3v) is 3.42. The zero-order valence-electron chi connectivity index (χ0n) is 11.0. The van der Waals surface area contributed by atoms with E-state index >= 15 is 0 Å². The van der Waals surface area contributed by atoms with Crippen LogP contribution in [-0.4, -0.2) is 24.3 Å². The summed E-state index contributed by atoms with van der Waals surface area (Å²) >= 11 is 0. The topological polar surface area (TPSA) is 74.5 Å². The minimum absolute atomic E-state index is 0.0428. The van der Waals surface area contributed by atoms with Crippen molar-refractivity contribution in [3.05, 3.63) is 42.2 Å². The Bertz CT molecular complexity index is 697. The average molecular weight is 256 g/mol. The summed E-state index contributed by atoms with van der Waals surface area (Å²) in [5.41, 5.74) is 8.82. The van der Waals surface area contributed by atoms with Crippen molar-refractivity contribution >= 4 is 11.0 Å². The molecule has 98 valence electrons. The van der Waals surface area contributed by atoms with Gasteiger partial charge in [-0.1, -0.05) is 6.07 Å². The number of nitrogens with two attached hydrogens (primary N) is 1. The minimum Gasteiger partial charge on any atom is -0.329 e.